The number of carbonyl (C=O) groups is 2. The smallest absolute Gasteiger partial charge is 0.255 e. The molecule has 0 spiro atoms. The molecule has 0 heterocycles. The van der Waals surface area contributed by atoms with Gasteiger partial charge < -0.3 is 15.4 Å². The molecule has 2 aromatic carbocycles. The van der Waals surface area contributed by atoms with E-state index >= 15 is 0 Å². The predicted molar refractivity (Wildman–Crippen MR) is 112 cm³/mol. The highest BCUT2D eigenvalue weighted by Gasteiger charge is 2.24. The molecular formula is C21H26N2O5S. The van der Waals surface area contributed by atoms with Gasteiger partial charge in [-0.15, -0.1) is 0 Å². The summed E-state index contributed by atoms with van der Waals surface area (Å²) in [6, 6.07) is 13.3. The van der Waals surface area contributed by atoms with E-state index in [-0.39, 0.29) is 24.3 Å². The van der Waals surface area contributed by atoms with Crippen LogP contribution in [-0.2, 0) is 21.2 Å². The van der Waals surface area contributed by atoms with Crippen LogP contribution in [0.3, 0.4) is 0 Å². The molecule has 8 heteroatoms. The van der Waals surface area contributed by atoms with Gasteiger partial charge in [0.1, 0.15) is 21.6 Å². The maximum absolute atomic E-state index is 12.7. The molecular weight excluding hydrogens is 392 g/mol. The lowest BCUT2D eigenvalue weighted by Gasteiger charge is -2.19. The SMILES string of the molecule is COc1ccccc1C(=O)N[C@H](CCS(C)(=O)=O)C(=O)NCc1ccc(C)cc1. The fraction of sp³-hybridized carbons (Fsp3) is 0.333. The molecule has 1 atom stereocenters. The summed E-state index contributed by atoms with van der Waals surface area (Å²) in [5.41, 5.74) is 2.28. The largest absolute Gasteiger partial charge is 0.496 e. The lowest BCUT2D eigenvalue weighted by atomic mass is 10.1. The van der Waals surface area contributed by atoms with Gasteiger partial charge in [0.05, 0.1) is 18.4 Å². The number of rotatable bonds is 9. The molecule has 0 fully saturated rings. The second kappa shape index (κ2) is 10.1. The van der Waals surface area contributed by atoms with Gasteiger partial charge in [0.2, 0.25) is 5.91 Å². The molecule has 29 heavy (non-hydrogen) atoms. The Bertz CT molecular complexity index is 955. The molecule has 0 aliphatic carbocycles. The molecule has 0 bridgehead atoms. The molecule has 0 saturated heterocycles. The van der Waals surface area contributed by atoms with E-state index in [0.29, 0.717) is 5.75 Å². The molecule has 0 aromatic heterocycles. The van der Waals surface area contributed by atoms with Crippen LogP contribution in [0.2, 0.25) is 0 Å². The molecule has 0 radical (unpaired) electrons. The zero-order chi connectivity index (χ0) is 21.4. The van der Waals surface area contributed by atoms with Crippen LogP contribution in [0.4, 0.5) is 0 Å². The highest BCUT2D eigenvalue weighted by molar-refractivity contribution is 7.90. The Morgan fingerprint density at radius 1 is 1.07 bits per heavy atom. The van der Waals surface area contributed by atoms with E-state index in [9.17, 15) is 18.0 Å². The van der Waals surface area contributed by atoms with Gasteiger partial charge in [-0.25, -0.2) is 8.42 Å². The molecule has 0 saturated carbocycles. The minimum absolute atomic E-state index is 0.0283. The number of methoxy groups -OCH3 is 1. The summed E-state index contributed by atoms with van der Waals surface area (Å²) in [4.78, 5) is 25.3. The van der Waals surface area contributed by atoms with Gasteiger partial charge >= 0.3 is 0 Å². The standard InChI is InChI=1S/C21H26N2O5S/c1-15-8-10-16(11-9-15)14-22-21(25)18(12-13-29(3,26)27)23-20(24)17-6-4-5-7-19(17)28-2/h4-11,18H,12-14H2,1-3H3,(H,22,25)(H,23,24)/t18-/m1/s1. The number of amides is 2. The highest BCUT2D eigenvalue weighted by atomic mass is 32.2. The Morgan fingerprint density at radius 3 is 2.34 bits per heavy atom. The maximum Gasteiger partial charge on any atom is 0.255 e. The third kappa shape index (κ3) is 7.23. The van der Waals surface area contributed by atoms with Crippen molar-refractivity contribution in [2.24, 2.45) is 0 Å². The monoisotopic (exact) mass is 418 g/mol. The Morgan fingerprint density at radius 2 is 1.72 bits per heavy atom. The summed E-state index contributed by atoms with van der Waals surface area (Å²) in [7, 11) is -1.85. The average Bonchev–Trinajstić information content (AvgIpc) is 2.69. The number of ether oxygens (including phenoxy) is 1. The first-order valence-electron chi connectivity index (χ1n) is 9.14. The van der Waals surface area contributed by atoms with Crippen molar-refractivity contribution >= 4 is 21.7 Å². The number of sulfone groups is 1. The van der Waals surface area contributed by atoms with Crippen molar-refractivity contribution in [1.82, 2.24) is 10.6 Å². The van der Waals surface area contributed by atoms with E-state index in [2.05, 4.69) is 10.6 Å². The van der Waals surface area contributed by atoms with Crippen molar-refractivity contribution in [3.8, 4) is 5.75 Å². The molecule has 156 valence electrons. The van der Waals surface area contributed by atoms with Crippen molar-refractivity contribution in [2.75, 3.05) is 19.1 Å². The normalized spacial score (nSPS) is 12.1. The third-order valence-corrected chi connectivity index (χ3v) is 5.32. The fourth-order valence-electron chi connectivity index (χ4n) is 2.69. The van der Waals surface area contributed by atoms with Crippen LogP contribution in [0.15, 0.2) is 48.5 Å². The van der Waals surface area contributed by atoms with Gasteiger partial charge in [-0.3, -0.25) is 9.59 Å². The zero-order valence-corrected chi connectivity index (χ0v) is 17.6. The van der Waals surface area contributed by atoms with E-state index in [0.717, 1.165) is 17.4 Å². The Kier molecular flexibility index (Phi) is 7.78. The second-order valence-corrected chi connectivity index (χ2v) is 9.11. The van der Waals surface area contributed by atoms with Crippen LogP contribution in [0.25, 0.3) is 0 Å². The summed E-state index contributed by atoms with van der Waals surface area (Å²) in [6.45, 7) is 2.25. The molecule has 0 aliphatic heterocycles. The van der Waals surface area contributed by atoms with Crippen molar-refractivity contribution in [3.05, 3.63) is 65.2 Å². The van der Waals surface area contributed by atoms with E-state index in [1.807, 2.05) is 31.2 Å². The van der Waals surface area contributed by atoms with Crippen LogP contribution < -0.4 is 15.4 Å². The first-order chi connectivity index (χ1) is 13.7. The first kappa shape index (κ1) is 22.4. The van der Waals surface area contributed by atoms with E-state index in [1.165, 1.54) is 7.11 Å². The Labute approximate surface area is 171 Å². The molecule has 2 rings (SSSR count). The number of hydrogen-bond donors (Lipinski definition) is 2. The number of nitrogens with one attached hydrogen (secondary N) is 2. The van der Waals surface area contributed by atoms with E-state index < -0.39 is 27.7 Å². The Balaban J connectivity index is 2.11. The molecule has 7 nitrogen and oxygen atoms in total. The van der Waals surface area contributed by atoms with Gasteiger partial charge in [-0.05, 0) is 31.0 Å². The number of carbonyl (C=O) groups excluding carboxylic acids is 2. The van der Waals surface area contributed by atoms with Crippen LogP contribution in [0.5, 0.6) is 5.75 Å². The van der Waals surface area contributed by atoms with Crippen LogP contribution in [0.1, 0.15) is 27.9 Å². The summed E-state index contributed by atoms with van der Waals surface area (Å²) in [5, 5.41) is 5.39. The highest BCUT2D eigenvalue weighted by Crippen LogP contribution is 2.17. The van der Waals surface area contributed by atoms with Gasteiger partial charge in [0.25, 0.3) is 5.91 Å². The van der Waals surface area contributed by atoms with Gasteiger partial charge in [-0.2, -0.15) is 0 Å². The average molecular weight is 419 g/mol. The van der Waals surface area contributed by atoms with Crippen LogP contribution in [-0.4, -0.2) is 45.4 Å². The summed E-state index contributed by atoms with van der Waals surface area (Å²) >= 11 is 0. The lowest BCUT2D eigenvalue weighted by molar-refractivity contribution is -0.123. The molecule has 2 aromatic rings. The first-order valence-corrected chi connectivity index (χ1v) is 11.2. The minimum atomic E-state index is -3.29. The number of para-hydroxylation sites is 1. The van der Waals surface area contributed by atoms with E-state index in [1.54, 1.807) is 24.3 Å². The summed E-state index contributed by atoms with van der Waals surface area (Å²) < 4.78 is 28.3. The van der Waals surface area contributed by atoms with E-state index in [4.69, 9.17) is 4.74 Å². The van der Waals surface area contributed by atoms with Crippen LogP contribution >= 0.6 is 0 Å². The van der Waals surface area contributed by atoms with Gasteiger partial charge in [0.15, 0.2) is 0 Å². The topological polar surface area (TPSA) is 102 Å². The molecule has 0 unspecified atom stereocenters. The number of benzene rings is 2. The summed E-state index contributed by atoms with van der Waals surface area (Å²) in [6.07, 6.45) is 1.07. The van der Waals surface area contributed by atoms with Crippen molar-refractivity contribution < 1.29 is 22.7 Å². The lowest BCUT2D eigenvalue weighted by Crippen LogP contribution is -2.47. The molecule has 0 aliphatic rings. The number of aryl methyl sites for hydroxylation is 1. The fourth-order valence-corrected chi connectivity index (χ4v) is 3.35. The van der Waals surface area contributed by atoms with Crippen molar-refractivity contribution in [1.29, 1.82) is 0 Å². The minimum Gasteiger partial charge on any atom is -0.496 e. The predicted octanol–water partition coefficient (Wildman–Crippen LogP) is 1.85. The van der Waals surface area contributed by atoms with Gasteiger partial charge in [-0.1, -0.05) is 42.0 Å². The molecule has 2 amide bonds. The maximum atomic E-state index is 12.7. The third-order valence-electron chi connectivity index (χ3n) is 4.34. The quantitative estimate of drug-likeness (QED) is 0.647. The number of hydrogen-bond acceptors (Lipinski definition) is 5. The summed E-state index contributed by atoms with van der Waals surface area (Å²) in [5.74, 6) is -0.808. The second-order valence-electron chi connectivity index (χ2n) is 6.85. The zero-order valence-electron chi connectivity index (χ0n) is 16.8. The van der Waals surface area contributed by atoms with Crippen molar-refractivity contribution in [3.63, 3.8) is 0 Å². The molecule has 2 N–H and O–H groups in total. The van der Waals surface area contributed by atoms with Crippen LogP contribution in [0, 0.1) is 6.92 Å². The Hall–Kier alpha value is -2.87. The van der Waals surface area contributed by atoms with Gasteiger partial charge in [0, 0.05) is 12.8 Å². The van der Waals surface area contributed by atoms with Crippen molar-refractivity contribution in [2.45, 2.75) is 25.9 Å².